The fraction of sp³-hybridized carbons (Fsp3) is 0.500. The van der Waals surface area contributed by atoms with Gasteiger partial charge in [0.25, 0.3) is 0 Å². The third-order valence-electron chi connectivity index (χ3n) is 8.29. The molecule has 2 fully saturated rings. The van der Waals surface area contributed by atoms with E-state index in [2.05, 4.69) is 73.5 Å². The standard InChI is InChI=1S/C34H46N8O2/c1-34(2,3)44-25-43-24-40-18-10-13-29(22-40)42-23-36-30-31(35-21-26-11-6-4-7-12-26)38-33(39-32(30)42)37-27-14-16-28(17-15-27)41-19-8-5-9-20-41/h4,6-7,11-12,14-17,23,29H,5,8-10,13,18-22,24-25H2,1-3H3,(H2,35,37,38,39). The summed E-state index contributed by atoms with van der Waals surface area (Å²) in [5, 5.41) is 7.01. The topological polar surface area (TPSA) is 92.6 Å². The third-order valence-corrected chi connectivity index (χ3v) is 8.29. The summed E-state index contributed by atoms with van der Waals surface area (Å²) >= 11 is 0. The van der Waals surface area contributed by atoms with Crippen molar-refractivity contribution in [3.63, 3.8) is 0 Å². The van der Waals surface area contributed by atoms with Crippen LogP contribution in [0.15, 0.2) is 60.9 Å². The lowest BCUT2D eigenvalue weighted by atomic mass is 10.1. The molecule has 0 amide bonds. The van der Waals surface area contributed by atoms with Crippen LogP contribution < -0.4 is 15.5 Å². The Morgan fingerprint density at radius 1 is 0.909 bits per heavy atom. The molecule has 2 N–H and O–H groups in total. The van der Waals surface area contributed by atoms with Crippen molar-refractivity contribution in [1.29, 1.82) is 0 Å². The molecule has 234 valence electrons. The van der Waals surface area contributed by atoms with E-state index in [1.807, 2.05) is 33.2 Å². The van der Waals surface area contributed by atoms with E-state index in [1.54, 1.807) is 0 Å². The van der Waals surface area contributed by atoms with Gasteiger partial charge < -0.3 is 29.6 Å². The second-order valence-electron chi connectivity index (χ2n) is 12.9. The predicted molar refractivity (Wildman–Crippen MR) is 176 cm³/mol. The predicted octanol–water partition coefficient (Wildman–Crippen LogP) is 6.56. The van der Waals surface area contributed by atoms with Crippen LogP contribution in [0.3, 0.4) is 0 Å². The lowest BCUT2D eigenvalue weighted by molar-refractivity contribution is -0.143. The molecule has 6 rings (SSSR count). The number of nitrogens with one attached hydrogen (secondary N) is 2. The average Bonchev–Trinajstić information content (AvgIpc) is 3.47. The van der Waals surface area contributed by atoms with E-state index in [0.717, 1.165) is 61.7 Å². The van der Waals surface area contributed by atoms with Gasteiger partial charge in [-0.05, 0) is 82.7 Å². The molecule has 0 aliphatic carbocycles. The molecule has 4 heterocycles. The minimum atomic E-state index is -0.215. The number of hydrogen-bond donors (Lipinski definition) is 2. The molecule has 1 atom stereocenters. The molecule has 1 unspecified atom stereocenters. The average molecular weight is 599 g/mol. The Morgan fingerprint density at radius 3 is 2.48 bits per heavy atom. The molecule has 2 saturated heterocycles. The molecule has 2 aromatic heterocycles. The lowest BCUT2D eigenvalue weighted by Crippen LogP contribution is -2.38. The number of piperidine rings is 2. The Kier molecular flexibility index (Phi) is 9.59. The van der Waals surface area contributed by atoms with Crippen LogP contribution in [-0.4, -0.2) is 69.7 Å². The summed E-state index contributed by atoms with van der Waals surface area (Å²) in [5.41, 5.74) is 4.80. The maximum absolute atomic E-state index is 5.86. The van der Waals surface area contributed by atoms with Gasteiger partial charge in [-0.2, -0.15) is 9.97 Å². The van der Waals surface area contributed by atoms with Crippen molar-refractivity contribution >= 4 is 34.3 Å². The summed E-state index contributed by atoms with van der Waals surface area (Å²) in [7, 11) is 0. The number of aromatic nitrogens is 4. The summed E-state index contributed by atoms with van der Waals surface area (Å²) in [6.07, 6.45) is 7.90. The number of likely N-dealkylation sites (tertiary alicyclic amines) is 1. The van der Waals surface area contributed by atoms with Crippen LogP contribution in [0, 0.1) is 0 Å². The Morgan fingerprint density at radius 2 is 1.70 bits per heavy atom. The highest BCUT2D eigenvalue weighted by molar-refractivity contribution is 5.85. The van der Waals surface area contributed by atoms with E-state index in [4.69, 9.17) is 24.4 Å². The highest BCUT2D eigenvalue weighted by atomic mass is 16.7. The van der Waals surface area contributed by atoms with Gasteiger partial charge >= 0.3 is 0 Å². The quantitative estimate of drug-likeness (QED) is 0.147. The van der Waals surface area contributed by atoms with Crippen LogP contribution >= 0.6 is 0 Å². The molecular weight excluding hydrogens is 552 g/mol. The lowest BCUT2D eigenvalue weighted by Gasteiger charge is -2.33. The molecular formula is C34H46N8O2. The monoisotopic (exact) mass is 598 g/mol. The first kappa shape index (κ1) is 30.3. The molecule has 10 heteroatoms. The largest absolute Gasteiger partial charge is 0.372 e. The Bertz CT molecular complexity index is 1480. The summed E-state index contributed by atoms with van der Waals surface area (Å²) in [6.45, 7) is 11.7. The van der Waals surface area contributed by atoms with Crippen LogP contribution in [0.25, 0.3) is 11.2 Å². The molecule has 2 aromatic carbocycles. The van der Waals surface area contributed by atoms with Crippen molar-refractivity contribution in [2.75, 3.05) is 55.2 Å². The van der Waals surface area contributed by atoms with Crippen molar-refractivity contribution in [3.8, 4) is 0 Å². The van der Waals surface area contributed by atoms with Crippen LogP contribution in [-0.2, 0) is 16.0 Å². The smallest absolute Gasteiger partial charge is 0.231 e. The first-order valence-electron chi connectivity index (χ1n) is 16.0. The highest BCUT2D eigenvalue weighted by Crippen LogP contribution is 2.30. The zero-order valence-corrected chi connectivity index (χ0v) is 26.3. The van der Waals surface area contributed by atoms with Crippen LogP contribution in [0.5, 0.6) is 0 Å². The van der Waals surface area contributed by atoms with Gasteiger partial charge in [0.2, 0.25) is 5.95 Å². The van der Waals surface area contributed by atoms with Crippen LogP contribution in [0.2, 0.25) is 0 Å². The second kappa shape index (κ2) is 13.9. The first-order valence-corrected chi connectivity index (χ1v) is 16.0. The van der Waals surface area contributed by atoms with Crippen LogP contribution in [0.4, 0.5) is 23.1 Å². The SMILES string of the molecule is CC(C)(C)OCOCN1CCCC(n2cnc3c(NCc4ccccc4)nc(Nc4ccc(N5CCCCC5)cc4)nc32)C1. The number of ether oxygens (including phenoxy) is 2. The van der Waals surface area contributed by atoms with Gasteiger partial charge in [0, 0.05) is 50.1 Å². The molecule has 0 radical (unpaired) electrons. The Labute approximate surface area is 260 Å². The molecule has 0 saturated carbocycles. The number of fused-ring (bicyclic) bond motifs is 1. The van der Waals surface area contributed by atoms with E-state index in [1.165, 1.54) is 30.5 Å². The third kappa shape index (κ3) is 7.85. The normalized spacial score (nSPS) is 18.1. The molecule has 2 aliphatic rings. The van der Waals surface area contributed by atoms with Crippen LogP contribution in [0.1, 0.15) is 64.5 Å². The zero-order chi connectivity index (χ0) is 30.4. The molecule has 4 aromatic rings. The van der Waals surface area contributed by atoms with Crippen molar-refractivity contribution in [1.82, 2.24) is 24.4 Å². The number of rotatable bonds is 11. The fourth-order valence-electron chi connectivity index (χ4n) is 5.94. The van der Waals surface area contributed by atoms with Gasteiger partial charge in [-0.15, -0.1) is 0 Å². The van der Waals surface area contributed by atoms with Crippen molar-refractivity contribution in [2.24, 2.45) is 0 Å². The Hall–Kier alpha value is -3.73. The van der Waals surface area contributed by atoms with Gasteiger partial charge in [-0.1, -0.05) is 30.3 Å². The maximum Gasteiger partial charge on any atom is 0.231 e. The van der Waals surface area contributed by atoms with Crippen molar-refractivity contribution < 1.29 is 9.47 Å². The minimum absolute atomic E-state index is 0.215. The molecule has 10 nitrogen and oxygen atoms in total. The number of imidazole rings is 1. The second-order valence-corrected chi connectivity index (χ2v) is 12.9. The van der Waals surface area contributed by atoms with E-state index in [0.29, 0.717) is 19.2 Å². The first-order chi connectivity index (χ1) is 21.4. The van der Waals surface area contributed by atoms with E-state index in [-0.39, 0.29) is 18.4 Å². The summed E-state index contributed by atoms with van der Waals surface area (Å²) < 4.78 is 13.8. The maximum atomic E-state index is 5.86. The van der Waals surface area contributed by atoms with E-state index < -0.39 is 0 Å². The van der Waals surface area contributed by atoms with Crippen molar-refractivity contribution in [3.05, 3.63) is 66.5 Å². The van der Waals surface area contributed by atoms with Crippen molar-refractivity contribution in [2.45, 2.75) is 71.1 Å². The van der Waals surface area contributed by atoms with E-state index >= 15 is 0 Å². The minimum Gasteiger partial charge on any atom is -0.372 e. The fourth-order valence-corrected chi connectivity index (χ4v) is 5.94. The van der Waals surface area contributed by atoms with E-state index in [9.17, 15) is 0 Å². The zero-order valence-electron chi connectivity index (χ0n) is 26.3. The molecule has 0 spiro atoms. The molecule has 2 aliphatic heterocycles. The van der Waals surface area contributed by atoms with Gasteiger partial charge in [0.05, 0.1) is 11.9 Å². The van der Waals surface area contributed by atoms with Gasteiger partial charge in [-0.25, -0.2) is 4.98 Å². The summed E-state index contributed by atoms with van der Waals surface area (Å²) in [5.74, 6) is 1.27. The number of nitrogens with zero attached hydrogens (tertiary/aromatic N) is 6. The molecule has 0 bridgehead atoms. The highest BCUT2D eigenvalue weighted by Gasteiger charge is 2.25. The van der Waals surface area contributed by atoms with Gasteiger partial charge in [0.15, 0.2) is 17.0 Å². The Balaban J connectivity index is 1.22. The summed E-state index contributed by atoms with van der Waals surface area (Å²) in [4.78, 5) is 19.5. The summed E-state index contributed by atoms with van der Waals surface area (Å²) in [6, 6.07) is 19.2. The van der Waals surface area contributed by atoms with Gasteiger partial charge in [-0.3, -0.25) is 4.90 Å². The number of anilines is 4. The number of benzene rings is 2. The number of hydrogen-bond acceptors (Lipinski definition) is 9. The molecule has 44 heavy (non-hydrogen) atoms. The van der Waals surface area contributed by atoms with Gasteiger partial charge in [0.1, 0.15) is 13.5 Å².